The molecular formula is C62H36BN3O4. The van der Waals surface area contributed by atoms with Gasteiger partial charge in [-0.3, -0.25) is 9.80 Å². The highest BCUT2D eigenvalue weighted by molar-refractivity contribution is 7.02. The van der Waals surface area contributed by atoms with Gasteiger partial charge in [0.15, 0.2) is 11.5 Å². The lowest BCUT2D eigenvalue weighted by atomic mass is 9.33. The summed E-state index contributed by atoms with van der Waals surface area (Å²) in [5, 5.41) is 6.36. The number of rotatable bonds is 5. The van der Waals surface area contributed by atoms with Crippen molar-refractivity contribution in [2.75, 3.05) is 9.80 Å². The minimum absolute atomic E-state index is 0.321. The van der Waals surface area contributed by atoms with E-state index in [-0.39, 0.29) is 6.71 Å². The molecule has 0 amide bonds. The zero-order valence-corrected chi connectivity index (χ0v) is 37.3. The van der Waals surface area contributed by atoms with Gasteiger partial charge >= 0.3 is 0 Å². The molecule has 14 aromatic rings. The second kappa shape index (κ2) is 14.1. The largest absolute Gasteiger partial charge is 0.454 e. The van der Waals surface area contributed by atoms with E-state index < -0.39 is 0 Å². The summed E-state index contributed by atoms with van der Waals surface area (Å²) in [5.41, 5.74) is 15.2. The third kappa shape index (κ3) is 5.03. The van der Waals surface area contributed by atoms with Crippen LogP contribution in [0.2, 0.25) is 0 Å². The van der Waals surface area contributed by atoms with Crippen molar-refractivity contribution < 1.29 is 17.7 Å². The van der Waals surface area contributed by atoms with E-state index in [1.54, 1.807) is 0 Å². The van der Waals surface area contributed by atoms with E-state index in [1.165, 1.54) is 10.8 Å². The fourth-order valence-electron chi connectivity index (χ4n) is 11.8. The molecule has 9 aromatic carbocycles. The van der Waals surface area contributed by atoms with Gasteiger partial charge in [0.2, 0.25) is 11.8 Å². The van der Waals surface area contributed by atoms with Crippen LogP contribution in [0, 0.1) is 0 Å². The van der Waals surface area contributed by atoms with Crippen LogP contribution in [0.4, 0.5) is 34.5 Å². The quantitative estimate of drug-likeness (QED) is 0.160. The molecule has 8 heteroatoms. The van der Waals surface area contributed by atoms with Crippen LogP contribution in [-0.4, -0.2) is 11.3 Å². The van der Waals surface area contributed by atoms with E-state index in [2.05, 4.69) is 208 Å². The molecule has 2 aliphatic rings. The van der Waals surface area contributed by atoms with E-state index in [4.69, 9.17) is 17.7 Å². The van der Waals surface area contributed by atoms with Gasteiger partial charge in [0.1, 0.15) is 33.7 Å². The summed E-state index contributed by atoms with van der Waals surface area (Å²) in [5.74, 6) is 2.96. The van der Waals surface area contributed by atoms with E-state index >= 15 is 0 Å². The first-order chi connectivity index (χ1) is 34.8. The van der Waals surface area contributed by atoms with Crippen molar-refractivity contribution in [2.45, 2.75) is 0 Å². The van der Waals surface area contributed by atoms with Gasteiger partial charge in [-0.2, -0.15) is 0 Å². The number of nitrogens with zero attached hydrogens (tertiary/aromatic N) is 3. The summed E-state index contributed by atoms with van der Waals surface area (Å²) in [6, 6.07) is 76.6. The van der Waals surface area contributed by atoms with E-state index in [1.807, 2.05) is 24.3 Å². The van der Waals surface area contributed by atoms with Crippen LogP contribution in [0.3, 0.4) is 0 Å². The standard InChI is InChI=1S/C62H36BN3O4/c1-3-19-37(20-4-1)59-57(44-27-11-17-33-52(44)67-59)65-48-35-39(64-46-29-13-7-23-40(46)41-24-8-14-30-47(41)64)36-49-56(48)63(54-42-25-9-15-31-50(42)69-61(54)65)55-43-26-10-16-32-51(43)70-62(55)66(49)58-45-28-12-18-34-53(45)68-60(58)38-21-5-2-6-22-38/h1-36H. The molecule has 16 rings (SSSR count). The summed E-state index contributed by atoms with van der Waals surface area (Å²) in [7, 11) is 0. The number of anilines is 6. The van der Waals surface area contributed by atoms with Crippen LogP contribution in [0.5, 0.6) is 0 Å². The lowest BCUT2D eigenvalue weighted by Gasteiger charge is -2.40. The normalized spacial score (nSPS) is 13.1. The second-order valence-corrected chi connectivity index (χ2v) is 18.3. The van der Waals surface area contributed by atoms with Crippen molar-refractivity contribution in [2.24, 2.45) is 0 Å². The predicted molar refractivity (Wildman–Crippen MR) is 285 cm³/mol. The van der Waals surface area contributed by atoms with Gasteiger partial charge in [-0.05, 0) is 66.1 Å². The van der Waals surface area contributed by atoms with Gasteiger partial charge in [0, 0.05) is 65.7 Å². The summed E-state index contributed by atoms with van der Waals surface area (Å²) < 4.78 is 31.2. The van der Waals surface area contributed by atoms with Crippen LogP contribution < -0.4 is 26.2 Å². The maximum Gasteiger partial charge on any atom is 0.262 e. The molecule has 5 aromatic heterocycles. The number of hydrogen-bond donors (Lipinski definition) is 0. The van der Waals surface area contributed by atoms with Gasteiger partial charge in [0.25, 0.3) is 6.71 Å². The van der Waals surface area contributed by atoms with Crippen LogP contribution in [0.1, 0.15) is 0 Å². The molecule has 0 spiro atoms. The average Bonchev–Trinajstić information content (AvgIpc) is 4.25. The number of furan rings is 4. The Morgan fingerprint density at radius 1 is 0.314 bits per heavy atom. The molecule has 0 N–H and O–H groups in total. The first kappa shape index (κ1) is 37.7. The lowest BCUT2D eigenvalue weighted by molar-refractivity contribution is 0.614. The minimum Gasteiger partial charge on any atom is -0.454 e. The number of fused-ring (bicyclic) bond motifs is 13. The highest BCUT2D eigenvalue weighted by Crippen LogP contribution is 2.55. The molecular weight excluding hydrogens is 862 g/mol. The monoisotopic (exact) mass is 897 g/mol. The second-order valence-electron chi connectivity index (χ2n) is 18.3. The van der Waals surface area contributed by atoms with Gasteiger partial charge in [0.05, 0.1) is 16.7 Å². The summed E-state index contributed by atoms with van der Waals surface area (Å²) in [6.45, 7) is -0.321. The van der Waals surface area contributed by atoms with Crippen molar-refractivity contribution >= 4 is 123 Å². The summed E-state index contributed by atoms with van der Waals surface area (Å²) >= 11 is 0. The number of aromatic nitrogens is 1. The highest BCUT2D eigenvalue weighted by atomic mass is 16.4. The third-order valence-electron chi connectivity index (χ3n) is 14.6. The number of para-hydroxylation sites is 6. The molecule has 7 heterocycles. The fraction of sp³-hybridized carbons (Fsp3) is 0. The Hall–Kier alpha value is -9.40. The van der Waals surface area contributed by atoms with Gasteiger partial charge < -0.3 is 22.2 Å². The molecule has 0 bridgehead atoms. The smallest absolute Gasteiger partial charge is 0.262 e. The molecule has 0 unspecified atom stereocenters. The molecule has 0 aliphatic carbocycles. The molecule has 7 nitrogen and oxygen atoms in total. The van der Waals surface area contributed by atoms with Gasteiger partial charge in [-0.15, -0.1) is 0 Å². The zero-order chi connectivity index (χ0) is 45.6. The van der Waals surface area contributed by atoms with Crippen LogP contribution in [0.15, 0.2) is 236 Å². The fourth-order valence-corrected chi connectivity index (χ4v) is 11.8. The molecule has 0 atom stereocenters. The topological polar surface area (TPSA) is 64.0 Å². The van der Waals surface area contributed by atoms with Gasteiger partial charge in [-0.1, -0.05) is 158 Å². The minimum atomic E-state index is -0.321. The van der Waals surface area contributed by atoms with Crippen molar-refractivity contribution in [1.82, 2.24) is 4.57 Å². The predicted octanol–water partition coefficient (Wildman–Crippen LogP) is 15.2. The molecule has 0 radical (unpaired) electrons. The van der Waals surface area contributed by atoms with Crippen molar-refractivity contribution in [3.63, 3.8) is 0 Å². The molecule has 2 aliphatic heterocycles. The van der Waals surface area contributed by atoms with Crippen LogP contribution in [0.25, 0.3) is 94.0 Å². The zero-order valence-electron chi connectivity index (χ0n) is 37.3. The summed E-state index contributed by atoms with van der Waals surface area (Å²) in [4.78, 5) is 4.71. The lowest BCUT2D eigenvalue weighted by Crippen LogP contribution is -2.60. The van der Waals surface area contributed by atoms with E-state index in [0.29, 0.717) is 0 Å². The molecule has 0 saturated carbocycles. The maximum atomic E-state index is 7.35. The third-order valence-corrected chi connectivity index (χ3v) is 14.6. The van der Waals surface area contributed by atoms with E-state index in [0.717, 1.165) is 134 Å². The van der Waals surface area contributed by atoms with Crippen LogP contribution in [-0.2, 0) is 0 Å². The average molecular weight is 898 g/mol. The molecule has 326 valence electrons. The van der Waals surface area contributed by atoms with Crippen molar-refractivity contribution in [1.29, 1.82) is 0 Å². The van der Waals surface area contributed by atoms with E-state index in [9.17, 15) is 0 Å². The number of benzene rings is 9. The van der Waals surface area contributed by atoms with Crippen molar-refractivity contribution in [3.05, 3.63) is 218 Å². The Balaban J connectivity index is 1.13. The first-order valence-corrected chi connectivity index (χ1v) is 23.7. The Morgan fingerprint density at radius 2 is 0.671 bits per heavy atom. The molecule has 0 fully saturated rings. The Kier molecular flexibility index (Phi) is 7.57. The Labute approximate surface area is 400 Å². The summed E-state index contributed by atoms with van der Waals surface area (Å²) in [6.07, 6.45) is 0. The Morgan fingerprint density at radius 3 is 1.11 bits per heavy atom. The van der Waals surface area contributed by atoms with Crippen molar-refractivity contribution in [3.8, 4) is 28.3 Å². The first-order valence-electron chi connectivity index (χ1n) is 23.7. The van der Waals surface area contributed by atoms with Crippen LogP contribution >= 0.6 is 0 Å². The maximum absolute atomic E-state index is 7.35. The highest BCUT2D eigenvalue weighted by Gasteiger charge is 2.50. The molecule has 0 saturated heterocycles. The number of hydrogen-bond acceptors (Lipinski definition) is 6. The molecule has 70 heavy (non-hydrogen) atoms. The van der Waals surface area contributed by atoms with Gasteiger partial charge in [-0.25, -0.2) is 0 Å². The SMILES string of the molecule is c1ccc(-c2oc3ccccc3c2N2c3cc(-n4c5ccccc5c5ccccc54)cc4c3B(c3c2oc2ccccc32)c2c(oc3ccccc23)N4c2c(-c3ccccc3)oc3ccccc23)cc1. The Bertz CT molecular complexity index is 4180.